The summed E-state index contributed by atoms with van der Waals surface area (Å²) in [6.45, 7) is 2.71. The number of carbonyl (C=O) groups is 2. The number of amides is 1. The largest absolute Gasteiger partial charge is 0.465 e. The van der Waals surface area contributed by atoms with Crippen molar-refractivity contribution >= 4 is 22.6 Å². The van der Waals surface area contributed by atoms with Crippen molar-refractivity contribution in [3.05, 3.63) is 47.5 Å². The van der Waals surface area contributed by atoms with Crippen LogP contribution in [0.2, 0.25) is 0 Å². The fourth-order valence-electron chi connectivity index (χ4n) is 4.75. The van der Waals surface area contributed by atoms with Gasteiger partial charge < -0.3 is 28.6 Å². The second kappa shape index (κ2) is 7.58. The van der Waals surface area contributed by atoms with Gasteiger partial charge in [0.2, 0.25) is 13.6 Å². The summed E-state index contributed by atoms with van der Waals surface area (Å²) < 4.78 is 27.6. The summed E-state index contributed by atoms with van der Waals surface area (Å²) in [5.74, 6) is 2.10. The molecule has 8 heteroatoms. The number of rotatable bonds is 4. The monoisotopic (exact) mass is 447 g/mol. The molecule has 0 radical (unpaired) electrons. The Balaban J connectivity index is 1.55. The summed E-state index contributed by atoms with van der Waals surface area (Å²) >= 11 is 0. The molecule has 0 saturated carbocycles. The van der Waals surface area contributed by atoms with Crippen molar-refractivity contribution in [3.63, 3.8) is 0 Å². The standard InChI is InChI=1S/C25H21NO7/c1-2-29-21(27)11-26-8-7-16-17(25(26)28)9-14-4-6-19-24(33-13-31-19)23(14)22(16)15-3-5-18-20(10-15)32-12-30-18/h3-6,9-10H,2,7-8,11-13H2,1H3. The first-order valence-corrected chi connectivity index (χ1v) is 10.9. The number of benzene rings is 3. The summed E-state index contributed by atoms with van der Waals surface area (Å²) in [6, 6.07) is 11.4. The zero-order chi connectivity index (χ0) is 22.5. The van der Waals surface area contributed by atoms with Crippen molar-refractivity contribution in [1.29, 1.82) is 0 Å². The number of carbonyl (C=O) groups excluding carboxylic acids is 2. The van der Waals surface area contributed by atoms with Gasteiger partial charge in [0.25, 0.3) is 5.91 Å². The average Bonchev–Trinajstić information content (AvgIpc) is 3.48. The summed E-state index contributed by atoms with van der Waals surface area (Å²) in [7, 11) is 0. The third-order valence-corrected chi connectivity index (χ3v) is 6.18. The van der Waals surface area contributed by atoms with Crippen LogP contribution >= 0.6 is 0 Å². The maximum absolute atomic E-state index is 13.4. The Morgan fingerprint density at radius 1 is 1.00 bits per heavy atom. The highest BCUT2D eigenvalue weighted by Crippen LogP contribution is 2.48. The molecule has 33 heavy (non-hydrogen) atoms. The molecule has 0 bridgehead atoms. The van der Waals surface area contributed by atoms with E-state index in [1.807, 2.05) is 36.4 Å². The SMILES string of the molecule is CCOC(=O)CN1CCc2c(cc3ccc4c(c3c2-c2ccc3c(c2)OCO3)OCO4)C1=O. The Kier molecular flexibility index (Phi) is 4.53. The third-order valence-electron chi connectivity index (χ3n) is 6.18. The van der Waals surface area contributed by atoms with Gasteiger partial charge >= 0.3 is 5.97 Å². The van der Waals surface area contributed by atoms with E-state index in [1.165, 1.54) is 0 Å². The molecule has 0 atom stereocenters. The summed E-state index contributed by atoms with van der Waals surface area (Å²) in [5, 5.41) is 1.76. The van der Waals surface area contributed by atoms with Crippen molar-refractivity contribution < 1.29 is 33.3 Å². The maximum atomic E-state index is 13.4. The molecule has 3 aliphatic heterocycles. The Bertz CT molecular complexity index is 1320. The van der Waals surface area contributed by atoms with Gasteiger partial charge in [-0.25, -0.2) is 0 Å². The van der Waals surface area contributed by atoms with Crippen molar-refractivity contribution in [2.75, 3.05) is 33.3 Å². The van der Waals surface area contributed by atoms with Crippen molar-refractivity contribution in [1.82, 2.24) is 4.90 Å². The molecule has 0 spiro atoms. The zero-order valence-corrected chi connectivity index (χ0v) is 18.0. The van der Waals surface area contributed by atoms with Gasteiger partial charge in [0.15, 0.2) is 23.0 Å². The van der Waals surface area contributed by atoms with E-state index in [1.54, 1.807) is 11.8 Å². The van der Waals surface area contributed by atoms with Gasteiger partial charge in [-0.05, 0) is 59.7 Å². The highest BCUT2D eigenvalue weighted by molar-refractivity contribution is 6.11. The lowest BCUT2D eigenvalue weighted by Gasteiger charge is -2.30. The Morgan fingerprint density at radius 3 is 2.67 bits per heavy atom. The molecule has 6 rings (SSSR count). The first-order valence-electron chi connectivity index (χ1n) is 10.9. The predicted octanol–water partition coefficient (Wildman–Crippen LogP) is 3.53. The van der Waals surface area contributed by atoms with Crippen LogP contribution in [0, 0.1) is 0 Å². The van der Waals surface area contributed by atoms with E-state index in [0.717, 1.165) is 27.5 Å². The van der Waals surface area contributed by atoms with E-state index in [0.29, 0.717) is 41.5 Å². The number of fused-ring (bicyclic) bond motifs is 5. The van der Waals surface area contributed by atoms with E-state index in [9.17, 15) is 9.59 Å². The molecular weight excluding hydrogens is 426 g/mol. The van der Waals surface area contributed by atoms with E-state index < -0.39 is 5.97 Å². The molecule has 0 fully saturated rings. The Morgan fingerprint density at radius 2 is 1.79 bits per heavy atom. The van der Waals surface area contributed by atoms with E-state index >= 15 is 0 Å². The molecule has 0 aromatic heterocycles. The quantitative estimate of drug-likeness (QED) is 0.566. The first-order chi connectivity index (χ1) is 16.1. The van der Waals surface area contributed by atoms with Gasteiger partial charge in [-0.3, -0.25) is 9.59 Å². The van der Waals surface area contributed by atoms with Crippen LogP contribution in [0.15, 0.2) is 36.4 Å². The van der Waals surface area contributed by atoms with E-state index in [-0.39, 0.29) is 32.6 Å². The highest BCUT2D eigenvalue weighted by Gasteiger charge is 2.32. The number of hydrogen-bond acceptors (Lipinski definition) is 7. The molecular formula is C25H21NO7. The third kappa shape index (κ3) is 3.13. The molecule has 0 aliphatic carbocycles. The van der Waals surface area contributed by atoms with Crippen LogP contribution in [-0.2, 0) is 16.0 Å². The Hall–Kier alpha value is -3.94. The Labute approximate surface area is 189 Å². The van der Waals surface area contributed by atoms with Crippen LogP contribution in [0.3, 0.4) is 0 Å². The average molecular weight is 447 g/mol. The van der Waals surface area contributed by atoms with Crippen molar-refractivity contribution in [2.45, 2.75) is 13.3 Å². The summed E-state index contributed by atoms with van der Waals surface area (Å²) in [6.07, 6.45) is 0.588. The molecule has 3 aliphatic rings. The summed E-state index contributed by atoms with van der Waals surface area (Å²) in [5.41, 5.74) is 3.30. The van der Waals surface area contributed by atoms with Crippen LogP contribution in [0.1, 0.15) is 22.8 Å². The lowest BCUT2D eigenvalue weighted by atomic mass is 9.85. The lowest BCUT2D eigenvalue weighted by Crippen LogP contribution is -2.41. The fourth-order valence-corrected chi connectivity index (χ4v) is 4.75. The van der Waals surface area contributed by atoms with Crippen LogP contribution in [-0.4, -0.2) is 50.1 Å². The van der Waals surface area contributed by atoms with Gasteiger partial charge in [-0.1, -0.05) is 12.1 Å². The molecule has 0 N–H and O–H groups in total. The molecule has 1 amide bonds. The van der Waals surface area contributed by atoms with Gasteiger partial charge in [0.05, 0.1) is 6.61 Å². The normalized spacial score (nSPS) is 15.7. The molecule has 3 aromatic rings. The fraction of sp³-hybridized carbons (Fsp3) is 0.280. The number of ether oxygens (including phenoxy) is 5. The molecule has 0 unspecified atom stereocenters. The van der Waals surface area contributed by atoms with Crippen LogP contribution in [0.5, 0.6) is 23.0 Å². The maximum Gasteiger partial charge on any atom is 0.325 e. The minimum absolute atomic E-state index is 0.0648. The second-order valence-electron chi connectivity index (χ2n) is 8.02. The van der Waals surface area contributed by atoms with Crippen molar-refractivity contribution in [3.8, 4) is 34.1 Å². The first kappa shape index (κ1) is 19.7. The second-order valence-corrected chi connectivity index (χ2v) is 8.02. The molecule has 3 aromatic carbocycles. The molecule has 0 saturated heterocycles. The zero-order valence-electron chi connectivity index (χ0n) is 18.0. The minimum atomic E-state index is -0.408. The van der Waals surface area contributed by atoms with E-state index in [4.69, 9.17) is 23.7 Å². The van der Waals surface area contributed by atoms with Crippen LogP contribution < -0.4 is 18.9 Å². The molecule has 168 valence electrons. The van der Waals surface area contributed by atoms with Gasteiger partial charge in [0.1, 0.15) is 6.54 Å². The van der Waals surface area contributed by atoms with Crippen molar-refractivity contribution in [2.24, 2.45) is 0 Å². The van der Waals surface area contributed by atoms with Gasteiger partial charge in [-0.2, -0.15) is 0 Å². The number of esters is 1. The lowest BCUT2D eigenvalue weighted by molar-refractivity contribution is -0.143. The van der Waals surface area contributed by atoms with Crippen LogP contribution in [0.25, 0.3) is 21.9 Å². The van der Waals surface area contributed by atoms with Crippen LogP contribution in [0.4, 0.5) is 0 Å². The minimum Gasteiger partial charge on any atom is -0.465 e. The smallest absolute Gasteiger partial charge is 0.325 e. The number of nitrogens with zero attached hydrogens (tertiary/aromatic N) is 1. The predicted molar refractivity (Wildman–Crippen MR) is 118 cm³/mol. The topological polar surface area (TPSA) is 83.5 Å². The highest BCUT2D eigenvalue weighted by atomic mass is 16.7. The summed E-state index contributed by atoms with van der Waals surface area (Å²) in [4.78, 5) is 27.0. The number of hydrogen-bond donors (Lipinski definition) is 0. The molecule has 8 nitrogen and oxygen atoms in total. The molecule has 3 heterocycles. The van der Waals surface area contributed by atoms with Gasteiger partial charge in [0, 0.05) is 17.5 Å². The van der Waals surface area contributed by atoms with E-state index in [2.05, 4.69) is 0 Å². The van der Waals surface area contributed by atoms with Gasteiger partial charge in [-0.15, -0.1) is 0 Å².